The number of piperazine rings is 1. The number of hydrogen-bond acceptors (Lipinski definition) is 3. The molecule has 2 aromatic rings. The minimum Gasteiger partial charge on any atom is -0.367 e. The predicted octanol–water partition coefficient (Wildman–Crippen LogP) is 2.54. The van der Waals surface area contributed by atoms with Crippen LogP contribution in [0.3, 0.4) is 0 Å². The Bertz CT molecular complexity index is 539. The lowest BCUT2D eigenvalue weighted by molar-refractivity contribution is 0.471. The van der Waals surface area contributed by atoms with Gasteiger partial charge in [-0.3, -0.25) is 4.98 Å². The number of anilines is 1. The van der Waals surface area contributed by atoms with Gasteiger partial charge in [-0.05, 0) is 24.1 Å². The molecule has 3 rings (SSSR count). The summed E-state index contributed by atoms with van der Waals surface area (Å²) in [6.07, 6.45) is 3.83. The highest BCUT2D eigenvalue weighted by molar-refractivity contribution is 5.51. The molecule has 0 saturated carbocycles. The van der Waals surface area contributed by atoms with Crippen LogP contribution in [0.4, 0.5) is 5.69 Å². The lowest BCUT2D eigenvalue weighted by atomic mass is 10.0. The molecule has 1 aliphatic heterocycles. The Morgan fingerprint density at radius 3 is 2.84 bits per heavy atom. The van der Waals surface area contributed by atoms with Crippen LogP contribution in [0, 0.1) is 6.92 Å². The van der Waals surface area contributed by atoms with E-state index < -0.39 is 0 Å². The molecule has 3 heteroatoms. The van der Waals surface area contributed by atoms with E-state index in [-0.39, 0.29) is 0 Å². The Kier molecular flexibility index (Phi) is 3.47. The van der Waals surface area contributed by atoms with Crippen LogP contribution in [-0.2, 0) is 0 Å². The van der Waals surface area contributed by atoms with E-state index in [1.807, 2.05) is 12.4 Å². The molecule has 1 aromatic carbocycles. The van der Waals surface area contributed by atoms with E-state index in [2.05, 4.69) is 58.5 Å². The molecule has 1 saturated heterocycles. The van der Waals surface area contributed by atoms with Gasteiger partial charge in [-0.2, -0.15) is 0 Å². The second-order valence-corrected chi connectivity index (χ2v) is 5.03. The third-order valence-electron chi connectivity index (χ3n) is 3.73. The molecule has 1 unspecified atom stereocenters. The standard InChI is InChI=1S/C16H19N3/c1-13-7-8-17-11-16(13)19-10-9-18-15(12-19)14-5-3-2-4-6-14/h2-8,11,15,18H,9-10,12H2,1H3. The molecule has 0 amide bonds. The number of nitrogens with one attached hydrogen (secondary N) is 1. The van der Waals surface area contributed by atoms with Crippen LogP contribution in [0.5, 0.6) is 0 Å². The smallest absolute Gasteiger partial charge is 0.0583 e. The molecule has 19 heavy (non-hydrogen) atoms. The molecule has 0 radical (unpaired) electrons. The quantitative estimate of drug-likeness (QED) is 0.891. The number of aryl methyl sites for hydroxylation is 1. The van der Waals surface area contributed by atoms with Gasteiger partial charge in [0.2, 0.25) is 0 Å². The molecule has 0 aliphatic carbocycles. The Morgan fingerprint density at radius 1 is 1.21 bits per heavy atom. The third kappa shape index (κ3) is 2.61. The van der Waals surface area contributed by atoms with E-state index in [0.717, 1.165) is 19.6 Å². The first kappa shape index (κ1) is 12.2. The summed E-state index contributed by atoms with van der Waals surface area (Å²) in [6, 6.07) is 13.1. The molecular formula is C16H19N3. The van der Waals surface area contributed by atoms with Crippen molar-refractivity contribution in [2.45, 2.75) is 13.0 Å². The van der Waals surface area contributed by atoms with E-state index >= 15 is 0 Å². The van der Waals surface area contributed by atoms with Gasteiger partial charge in [-0.25, -0.2) is 0 Å². The summed E-state index contributed by atoms with van der Waals surface area (Å²) in [5.74, 6) is 0. The summed E-state index contributed by atoms with van der Waals surface area (Å²) in [7, 11) is 0. The Balaban J connectivity index is 1.81. The topological polar surface area (TPSA) is 28.2 Å². The van der Waals surface area contributed by atoms with Crippen LogP contribution in [-0.4, -0.2) is 24.6 Å². The van der Waals surface area contributed by atoms with Crippen molar-refractivity contribution in [3.05, 3.63) is 59.9 Å². The number of aromatic nitrogens is 1. The fraction of sp³-hybridized carbons (Fsp3) is 0.312. The van der Waals surface area contributed by atoms with Gasteiger partial charge in [0.15, 0.2) is 0 Å². The van der Waals surface area contributed by atoms with Crippen molar-refractivity contribution in [1.29, 1.82) is 0 Å². The number of rotatable bonds is 2. The van der Waals surface area contributed by atoms with Gasteiger partial charge < -0.3 is 10.2 Å². The first-order valence-corrected chi connectivity index (χ1v) is 6.78. The fourth-order valence-corrected chi connectivity index (χ4v) is 2.66. The number of hydrogen-bond donors (Lipinski definition) is 1. The van der Waals surface area contributed by atoms with E-state index in [0.29, 0.717) is 6.04 Å². The second-order valence-electron chi connectivity index (χ2n) is 5.03. The zero-order valence-electron chi connectivity index (χ0n) is 11.2. The van der Waals surface area contributed by atoms with Gasteiger partial charge in [0.25, 0.3) is 0 Å². The molecule has 98 valence electrons. The van der Waals surface area contributed by atoms with Crippen LogP contribution in [0.2, 0.25) is 0 Å². The monoisotopic (exact) mass is 253 g/mol. The highest BCUT2D eigenvalue weighted by Gasteiger charge is 2.21. The average Bonchev–Trinajstić information content (AvgIpc) is 2.49. The van der Waals surface area contributed by atoms with Crippen LogP contribution in [0.15, 0.2) is 48.8 Å². The van der Waals surface area contributed by atoms with Crippen molar-refractivity contribution in [3.8, 4) is 0 Å². The Morgan fingerprint density at radius 2 is 2.05 bits per heavy atom. The van der Waals surface area contributed by atoms with Crippen molar-refractivity contribution in [2.24, 2.45) is 0 Å². The highest BCUT2D eigenvalue weighted by atomic mass is 15.2. The highest BCUT2D eigenvalue weighted by Crippen LogP contribution is 2.24. The van der Waals surface area contributed by atoms with Crippen molar-refractivity contribution in [1.82, 2.24) is 10.3 Å². The van der Waals surface area contributed by atoms with E-state index in [9.17, 15) is 0 Å². The van der Waals surface area contributed by atoms with Crippen LogP contribution >= 0.6 is 0 Å². The molecule has 0 bridgehead atoms. The molecule has 2 heterocycles. The van der Waals surface area contributed by atoms with Crippen molar-refractivity contribution in [3.63, 3.8) is 0 Å². The maximum absolute atomic E-state index is 4.26. The Hall–Kier alpha value is -1.87. The molecule has 1 aliphatic rings. The lowest BCUT2D eigenvalue weighted by Crippen LogP contribution is -2.46. The molecular weight excluding hydrogens is 234 g/mol. The maximum atomic E-state index is 4.26. The first-order valence-electron chi connectivity index (χ1n) is 6.78. The zero-order valence-corrected chi connectivity index (χ0v) is 11.2. The van der Waals surface area contributed by atoms with Gasteiger partial charge in [-0.1, -0.05) is 30.3 Å². The van der Waals surface area contributed by atoms with E-state index in [4.69, 9.17) is 0 Å². The van der Waals surface area contributed by atoms with Gasteiger partial charge >= 0.3 is 0 Å². The molecule has 1 N–H and O–H groups in total. The molecule has 1 aromatic heterocycles. The second kappa shape index (κ2) is 5.41. The summed E-state index contributed by atoms with van der Waals surface area (Å²) in [4.78, 5) is 6.68. The largest absolute Gasteiger partial charge is 0.367 e. The molecule has 3 nitrogen and oxygen atoms in total. The third-order valence-corrected chi connectivity index (χ3v) is 3.73. The van der Waals surface area contributed by atoms with E-state index in [1.54, 1.807) is 0 Å². The van der Waals surface area contributed by atoms with Crippen molar-refractivity contribution >= 4 is 5.69 Å². The minimum absolute atomic E-state index is 0.398. The van der Waals surface area contributed by atoms with Crippen LogP contribution in [0.25, 0.3) is 0 Å². The summed E-state index contributed by atoms with van der Waals surface area (Å²) in [5, 5.41) is 3.59. The van der Waals surface area contributed by atoms with E-state index in [1.165, 1.54) is 16.8 Å². The van der Waals surface area contributed by atoms with Gasteiger partial charge in [-0.15, -0.1) is 0 Å². The normalized spacial score (nSPS) is 19.4. The summed E-state index contributed by atoms with van der Waals surface area (Å²) >= 11 is 0. The SMILES string of the molecule is Cc1ccncc1N1CCNC(c2ccccc2)C1. The molecule has 1 fully saturated rings. The van der Waals surface area contributed by atoms with Crippen LogP contribution in [0.1, 0.15) is 17.2 Å². The van der Waals surface area contributed by atoms with Gasteiger partial charge in [0.1, 0.15) is 0 Å². The predicted molar refractivity (Wildman–Crippen MR) is 78.4 cm³/mol. The molecule has 1 atom stereocenters. The number of pyridine rings is 1. The summed E-state index contributed by atoms with van der Waals surface area (Å²) in [6.45, 7) is 5.19. The summed E-state index contributed by atoms with van der Waals surface area (Å²) < 4.78 is 0. The minimum atomic E-state index is 0.398. The average molecular weight is 253 g/mol. The first-order chi connectivity index (χ1) is 9.34. The van der Waals surface area contributed by atoms with Crippen molar-refractivity contribution in [2.75, 3.05) is 24.5 Å². The number of benzene rings is 1. The Labute approximate surface area is 114 Å². The molecule has 0 spiro atoms. The fourth-order valence-electron chi connectivity index (χ4n) is 2.66. The van der Waals surface area contributed by atoms with Gasteiger partial charge in [0, 0.05) is 31.9 Å². The zero-order chi connectivity index (χ0) is 13.1. The number of nitrogens with zero attached hydrogens (tertiary/aromatic N) is 2. The summed E-state index contributed by atoms with van der Waals surface area (Å²) in [5.41, 5.74) is 3.90. The maximum Gasteiger partial charge on any atom is 0.0583 e. The van der Waals surface area contributed by atoms with Crippen LogP contribution < -0.4 is 10.2 Å². The van der Waals surface area contributed by atoms with Gasteiger partial charge in [0.05, 0.1) is 11.9 Å². The van der Waals surface area contributed by atoms with Crippen molar-refractivity contribution < 1.29 is 0 Å². The lowest BCUT2D eigenvalue weighted by Gasteiger charge is -2.36.